The number of anilines is 2. The van der Waals surface area contributed by atoms with E-state index in [2.05, 4.69) is 10.2 Å². The molecule has 1 atom stereocenters. The zero-order valence-corrected chi connectivity index (χ0v) is 23.3. The van der Waals surface area contributed by atoms with E-state index in [0.29, 0.717) is 21.3 Å². The molecule has 41 heavy (non-hydrogen) atoms. The summed E-state index contributed by atoms with van der Waals surface area (Å²) in [5.74, 6) is -2.04. The van der Waals surface area contributed by atoms with Gasteiger partial charge in [0.15, 0.2) is 11.0 Å². The molecule has 5 aromatic rings. The van der Waals surface area contributed by atoms with Crippen LogP contribution in [0.3, 0.4) is 0 Å². The predicted molar refractivity (Wildman–Crippen MR) is 153 cm³/mol. The first-order valence-electron chi connectivity index (χ1n) is 12.8. The lowest BCUT2D eigenvalue weighted by molar-refractivity contribution is -0.121. The molecule has 7 rings (SSSR count). The minimum atomic E-state index is -1.96. The van der Waals surface area contributed by atoms with Gasteiger partial charge in [0.25, 0.3) is 11.8 Å². The maximum atomic E-state index is 14.8. The second kappa shape index (κ2) is 9.05. The molecule has 0 saturated carbocycles. The number of carbonyl (C=O) groups excluding carboxylic acids is 2. The molecule has 3 aromatic carbocycles. The Hall–Kier alpha value is -4.41. The van der Waals surface area contributed by atoms with Gasteiger partial charge in [0, 0.05) is 22.1 Å². The highest BCUT2D eigenvalue weighted by Crippen LogP contribution is 2.54. The summed E-state index contributed by atoms with van der Waals surface area (Å²) in [4.78, 5) is 46.0. The quantitative estimate of drug-likeness (QED) is 0.256. The standard InChI is InChI=1S/C30H20ClFN4O4S/c1-15(2)26-33-34-29(41-26)36-27(38)25-23(24(37)18-13-17(31)11-12-22(18)40-25)30(36)19-8-4-6-10-21(19)35(28(30)39)14-16-7-3-5-9-20(16)32/h3-13,15H,14H2,1-2H3. The van der Waals surface area contributed by atoms with Crippen LogP contribution in [0.5, 0.6) is 0 Å². The maximum Gasteiger partial charge on any atom is 0.297 e. The van der Waals surface area contributed by atoms with E-state index in [1.54, 1.807) is 48.5 Å². The first-order chi connectivity index (χ1) is 19.7. The first kappa shape index (κ1) is 25.6. The summed E-state index contributed by atoms with van der Waals surface area (Å²) in [7, 11) is 0. The normalized spacial score (nSPS) is 17.8. The Labute approximate surface area is 241 Å². The summed E-state index contributed by atoms with van der Waals surface area (Å²) >= 11 is 7.39. The van der Waals surface area contributed by atoms with E-state index in [-0.39, 0.29) is 45.5 Å². The van der Waals surface area contributed by atoms with Crippen molar-refractivity contribution in [3.63, 3.8) is 0 Å². The Morgan fingerprint density at radius 3 is 2.54 bits per heavy atom. The molecule has 0 fully saturated rings. The van der Waals surface area contributed by atoms with E-state index in [9.17, 15) is 18.8 Å². The molecule has 0 N–H and O–H groups in total. The second-order valence-electron chi connectivity index (χ2n) is 10.2. The highest BCUT2D eigenvalue weighted by Gasteiger charge is 2.66. The van der Waals surface area contributed by atoms with Crippen LogP contribution in [0.25, 0.3) is 11.0 Å². The molecular weight excluding hydrogens is 567 g/mol. The average molecular weight is 587 g/mol. The fraction of sp³-hybridized carbons (Fsp3) is 0.167. The molecule has 8 nitrogen and oxygen atoms in total. The van der Waals surface area contributed by atoms with Gasteiger partial charge in [-0.05, 0) is 30.3 Å². The Bertz CT molecular complexity index is 1990. The van der Waals surface area contributed by atoms with Crippen molar-refractivity contribution in [1.29, 1.82) is 0 Å². The van der Waals surface area contributed by atoms with E-state index in [1.807, 2.05) is 13.8 Å². The van der Waals surface area contributed by atoms with Crippen LogP contribution < -0.4 is 15.2 Å². The van der Waals surface area contributed by atoms with Gasteiger partial charge in [-0.1, -0.05) is 73.2 Å². The van der Waals surface area contributed by atoms with Crippen molar-refractivity contribution < 1.29 is 18.4 Å². The van der Waals surface area contributed by atoms with Gasteiger partial charge in [-0.15, -0.1) is 10.2 Å². The molecule has 1 unspecified atom stereocenters. The zero-order valence-electron chi connectivity index (χ0n) is 21.7. The van der Waals surface area contributed by atoms with Gasteiger partial charge < -0.3 is 9.32 Å². The fourth-order valence-electron chi connectivity index (χ4n) is 5.64. The lowest BCUT2D eigenvalue weighted by Crippen LogP contribution is -2.53. The molecule has 0 saturated heterocycles. The van der Waals surface area contributed by atoms with Gasteiger partial charge >= 0.3 is 0 Å². The summed E-state index contributed by atoms with van der Waals surface area (Å²) < 4.78 is 20.9. The van der Waals surface area contributed by atoms with E-state index in [1.165, 1.54) is 28.0 Å². The molecule has 0 bridgehead atoms. The number of para-hydroxylation sites is 1. The van der Waals surface area contributed by atoms with Gasteiger partial charge in [0.1, 0.15) is 16.4 Å². The number of nitrogens with zero attached hydrogens (tertiary/aromatic N) is 4. The third-order valence-corrected chi connectivity index (χ3v) is 8.93. The second-order valence-corrected chi connectivity index (χ2v) is 11.6. The lowest BCUT2D eigenvalue weighted by Gasteiger charge is -2.32. The molecule has 2 aromatic heterocycles. The number of hydrogen-bond donors (Lipinski definition) is 0. The van der Waals surface area contributed by atoms with Crippen molar-refractivity contribution in [1.82, 2.24) is 10.2 Å². The van der Waals surface area contributed by atoms with Gasteiger partial charge in [-0.25, -0.2) is 4.39 Å². The Morgan fingerprint density at radius 1 is 1.02 bits per heavy atom. The largest absolute Gasteiger partial charge is 0.450 e. The summed E-state index contributed by atoms with van der Waals surface area (Å²) in [5.41, 5.74) is -1.41. The molecule has 2 aliphatic heterocycles. The first-order valence-corrected chi connectivity index (χ1v) is 14.0. The van der Waals surface area contributed by atoms with E-state index < -0.39 is 28.6 Å². The van der Waals surface area contributed by atoms with Crippen LogP contribution in [0, 0.1) is 5.82 Å². The number of benzene rings is 3. The van der Waals surface area contributed by atoms with Crippen LogP contribution in [0.2, 0.25) is 5.02 Å². The highest BCUT2D eigenvalue weighted by atomic mass is 35.5. The summed E-state index contributed by atoms with van der Waals surface area (Å²) in [6.07, 6.45) is 0. The highest BCUT2D eigenvalue weighted by molar-refractivity contribution is 7.15. The Kier molecular flexibility index (Phi) is 5.64. The molecule has 11 heteroatoms. The summed E-state index contributed by atoms with van der Waals surface area (Å²) in [5, 5.41) is 9.76. The number of rotatable bonds is 4. The van der Waals surface area contributed by atoms with Crippen LogP contribution >= 0.6 is 22.9 Å². The van der Waals surface area contributed by atoms with Crippen LogP contribution in [0.4, 0.5) is 15.2 Å². The number of aromatic nitrogens is 2. The Balaban J connectivity index is 1.56. The molecule has 2 aliphatic rings. The third-order valence-electron chi connectivity index (χ3n) is 7.49. The molecule has 2 amide bonds. The van der Waals surface area contributed by atoms with Gasteiger partial charge in [-0.3, -0.25) is 19.3 Å². The molecule has 204 valence electrons. The van der Waals surface area contributed by atoms with E-state index in [4.69, 9.17) is 16.0 Å². The number of fused-ring (bicyclic) bond motifs is 5. The van der Waals surface area contributed by atoms with Crippen LogP contribution in [-0.2, 0) is 16.9 Å². The molecule has 0 aliphatic carbocycles. The maximum absolute atomic E-state index is 14.8. The van der Waals surface area contributed by atoms with E-state index >= 15 is 0 Å². The van der Waals surface area contributed by atoms with Crippen molar-refractivity contribution in [3.8, 4) is 0 Å². The van der Waals surface area contributed by atoms with Crippen LogP contribution in [0.15, 0.2) is 75.9 Å². The number of carbonyl (C=O) groups is 2. The third kappa shape index (κ3) is 3.47. The van der Waals surface area contributed by atoms with Crippen molar-refractivity contribution in [2.45, 2.75) is 31.8 Å². The number of halogens is 2. The fourth-order valence-corrected chi connectivity index (χ4v) is 6.71. The minimum Gasteiger partial charge on any atom is -0.450 e. The zero-order chi connectivity index (χ0) is 28.6. The predicted octanol–water partition coefficient (Wildman–Crippen LogP) is 6.01. The molecule has 4 heterocycles. The topological polar surface area (TPSA) is 96.6 Å². The molecule has 1 spiro atoms. The monoisotopic (exact) mass is 586 g/mol. The summed E-state index contributed by atoms with van der Waals surface area (Å²) in [6.45, 7) is 3.75. The average Bonchev–Trinajstić information content (AvgIpc) is 3.61. The molecular formula is C30H20ClFN4O4S. The van der Waals surface area contributed by atoms with Crippen molar-refractivity contribution in [2.75, 3.05) is 9.80 Å². The van der Waals surface area contributed by atoms with Crippen molar-refractivity contribution in [2.24, 2.45) is 0 Å². The lowest BCUT2D eigenvalue weighted by atomic mass is 9.84. The van der Waals surface area contributed by atoms with Gasteiger partial charge in [-0.2, -0.15) is 0 Å². The van der Waals surface area contributed by atoms with Crippen molar-refractivity contribution >= 4 is 56.5 Å². The smallest absolute Gasteiger partial charge is 0.297 e. The van der Waals surface area contributed by atoms with Gasteiger partial charge in [0.2, 0.25) is 10.9 Å². The SMILES string of the molecule is CC(C)c1nnc(N2C(=O)c3oc4ccc(Cl)cc4c(=O)c3C23C(=O)N(Cc2ccccc2F)c2ccccc23)s1. The number of amides is 2. The van der Waals surface area contributed by atoms with Crippen LogP contribution in [-0.4, -0.2) is 22.0 Å². The number of hydrogen-bond acceptors (Lipinski definition) is 7. The van der Waals surface area contributed by atoms with Gasteiger partial charge in [0.05, 0.1) is 23.2 Å². The van der Waals surface area contributed by atoms with E-state index in [0.717, 1.165) is 11.3 Å². The van der Waals surface area contributed by atoms with Crippen molar-refractivity contribution in [3.05, 3.63) is 115 Å². The Morgan fingerprint density at radius 2 is 1.78 bits per heavy atom. The summed E-state index contributed by atoms with van der Waals surface area (Å²) in [6, 6.07) is 17.5. The van der Waals surface area contributed by atoms with Crippen LogP contribution in [0.1, 0.15) is 52.0 Å². The minimum absolute atomic E-state index is 0.00545. The molecule has 0 radical (unpaired) electrons.